The zero-order valence-corrected chi connectivity index (χ0v) is 14.3. The number of rotatable bonds is 4. The highest BCUT2D eigenvalue weighted by Gasteiger charge is 2.14. The molecule has 0 saturated carbocycles. The predicted molar refractivity (Wildman–Crippen MR) is 87.0 cm³/mol. The van der Waals surface area contributed by atoms with Crippen molar-refractivity contribution in [2.24, 2.45) is 5.84 Å². The lowest BCUT2D eigenvalue weighted by molar-refractivity contribution is 0.543. The minimum absolute atomic E-state index is 0.212. The van der Waals surface area contributed by atoms with Crippen LogP contribution in [0.2, 0.25) is 5.02 Å². The Morgan fingerprint density at radius 1 is 1.20 bits per heavy atom. The van der Waals surface area contributed by atoms with Gasteiger partial charge in [0.1, 0.15) is 5.82 Å². The quantitative estimate of drug-likeness (QED) is 0.551. The molecule has 0 bridgehead atoms. The fourth-order valence-corrected chi connectivity index (χ4v) is 2.91. The van der Waals surface area contributed by atoms with Gasteiger partial charge in [-0.2, -0.15) is 0 Å². The number of hydrazine groups is 1. The van der Waals surface area contributed by atoms with Crippen LogP contribution in [0.1, 0.15) is 17.2 Å². The number of hydrogen-bond donors (Lipinski definition) is 2. The summed E-state index contributed by atoms with van der Waals surface area (Å²) in [5.41, 5.74) is 4.42. The van der Waals surface area contributed by atoms with Gasteiger partial charge in [0.15, 0.2) is 0 Å². The average molecular weight is 423 g/mol. The maximum Gasteiger partial charge on any atom is 0.137 e. The first-order valence-electron chi connectivity index (χ1n) is 5.86. The van der Waals surface area contributed by atoms with Crippen molar-refractivity contribution in [3.63, 3.8) is 0 Å². The Bertz CT molecular complexity index is 622. The smallest absolute Gasteiger partial charge is 0.137 e. The summed E-state index contributed by atoms with van der Waals surface area (Å²) in [7, 11) is 0. The number of nitrogens with two attached hydrogens (primary N) is 1. The fraction of sp³-hybridized carbons (Fsp3) is 0.143. The molecule has 1 unspecified atom stereocenters. The molecule has 6 heteroatoms. The number of benzene rings is 2. The standard InChI is InChI=1S/C14H12Br2ClFN2/c15-10-3-1-8(12(17)7-10)6-14(20-19)9-2-4-11(16)13(18)5-9/h1-5,7,14,20H,6,19H2. The van der Waals surface area contributed by atoms with Crippen molar-refractivity contribution in [1.82, 2.24) is 5.43 Å². The minimum Gasteiger partial charge on any atom is -0.271 e. The highest BCUT2D eigenvalue weighted by atomic mass is 79.9. The summed E-state index contributed by atoms with van der Waals surface area (Å²) in [5, 5.41) is 0.650. The summed E-state index contributed by atoms with van der Waals surface area (Å²) >= 11 is 12.7. The minimum atomic E-state index is -0.315. The Balaban J connectivity index is 2.26. The molecule has 2 aromatic rings. The van der Waals surface area contributed by atoms with E-state index in [1.165, 1.54) is 6.07 Å². The summed E-state index contributed by atoms with van der Waals surface area (Å²) in [6.45, 7) is 0. The van der Waals surface area contributed by atoms with Crippen molar-refractivity contribution in [1.29, 1.82) is 0 Å². The summed E-state index contributed by atoms with van der Waals surface area (Å²) in [6, 6.07) is 10.4. The lowest BCUT2D eigenvalue weighted by Gasteiger charge is -2.17. The SMILES string of the molecule is NNC(Cc1ccc(Br)cc1Cl)c1ccc(Br)c(F)c1. The normalized spacial score (nSPS) is 12.4. The molecule has 0 amide bonds. The van der Waals surface area contributed by atoms with Crippen molar-refractivity contribution < 1.29 is 4.39 Å². The van der Waals surface area contributed by atoms with Crippen LogP contribution in [0.3, 0.4) is 0 Å². The number of hydrogen-bond acceptors (Lipinski definition) is 2. The van der Waals surface area contributed by atoms with E-state index in [1.54, 1.807) is 6.07 Å². The largest absolute Gasteiger partial charge is 0.271 e. The fourth-order valence-electron chi connectivity index (χ4n) is 1.91. The van der Waals surface area contributed by atoms with Crippen molar-refractivity contribution in [3.8, 4) is 0 Å². The van der Waals surface area contributed by atoms with Crippen LogP contribution in [0.25, 0.3) is 0 Å². The van der Waals surface area contributed by atoms with Gasteiger partial charge in [0.25, 0.3) is 0 Å². The number of nitrogens with one attached hydrogen (secondary N) is 1. The third-order valence-electron chi connectivity index (χ3n) is 2.99. The van der Waals surface area contributed by atoms with Gasteiger partial charge in [-0.3, -0.25) is 11.3 Å². The van der Waals surface area contributed by atoms with Gasteiger partial charge in [0, 0.05) is 9.50 Å². The molecule has 3 N–H and O–H groups in total. The Hall–Kier alpha value is -0.460. The second-order valence-electron chi connectivity index (χ2n) is 4.33. The predicted octanol–water partition coefficient (Wildman–Crippen LogP) is 4.75. The van der Waals surface area contributed by atoms with Crippen LogP contribution in [-0.2, 0) is 6.42 Å². The van der Waals surface area contributed by atoms with Crippen LogP contribution in [0.5, 0.6) is 0 Å². The number of halogens is 4. The van der Waals surface area contributed by atoms with Crippen LogP contribution in [-0.4, -0.2) is 0 Å². The highest BCUT2D eigenvalue weighted by Crippen LogP contribution is 2.27. The topological polar surface area (TPSA) is 38.0 Å². The molecule has 0 heterocycles. The maximum atomic E-state index is 13.6. The molecule has 0 spiro atoms. The first-order chi connectivity index (χ1) is 9.51. The first kappa shape index (κ1) is 15.9. The molecule has 0 saturated heterocycles. The van der Waals surface area contributed by atoms with Crippen molar-refractivity contribution >= 4 is 43.5 Å². The van der Waals surface area contributed by atoms with E-state index in [-0.39, 0.29) is 11.9 Å². The van der Waals surface area contributed by atoms with Crippen LogP contribution >= 0.6 is 43.5 Å². The summed E-state index contributed by atoms with van der Waals surface area (Å²) in [5.74, 6) is 5.27. The van der Waals surface area contributed by atoms with Crippen LogP contribution in [0.4, 0.5) is 4.39 Å². The first-order valence-corrected chi connectivity index (χ1v) is 7.82. The second-order valence-corrected chi connectivity index (χ2v) is 6.51. The molecular formula is C14H12Br2ClFN2. The molecule has 0 radical (unpaired) electrons. The Kier molecular flexibility index (Phi) is 5.57. The van der Waals surface area contributed by atoms with E-state index in [4.69, 9.17) is 17.4 Å². The Labute approximate surface area is 138 Å². The van der Waals surface area contributed by atoms with Gasteiger partial charge >= 0.3 is 0 Å². The van der Waals surface area contributed by atoms with Crippen molar-refractivity contribution in [3.05, 3.63) is 67.3 Å². The molecule has 0 aromatic heterocycles. The van der Waals surface area contributed by atoms with E-state index in [2.05, 4.69) is 37.3 Å². The lowest BCUT2D eigenvalue weighted by Crippen LogP contribution is -2.29. The molecule has 2 nitrogen and oxygen atoms in total. The summed E-state index contributed by atoms with van der Waals surface area (Å²) < 4.78 is 14.9. The third-order valence-corrected chi connectivity index (χ3v) is 4.47. The molecule has 20 heavy (non-hydrogen) atoms. The van der Waals surface area contributed by atoms with E-state index in [0.717, 1.165) is 15.6 Å². The van der Waals surface area contributed by atoms with E-state index in [1.807, 2.05) is 24.3 Å². The average Bonchev–Trinajstić information content (AvgIpc) is 2.41. The van der Waals surface area contributed by atoms with Gasteiger partial charge in [-0.05, 0) is 57.7 Å². The van der Waals surface area contributed by atoms with Crippen LogP contribution < -0.4 is 11.3 Å². The monoisotopic (exact) mass is 420 g/mol. The lowest BCUT2D eigenvalue weighted by atomic mass is 9.99. The molecule has 0 aliphatic rings. The Morgan fingerprint density at radius 2 is 1.95 bits per heavy atom. The molecule has 2 aromatic carbocycles. The maximum absolute atomic E-state index is 13.6. The van der Waals surface area contributed by atoms with Gasteiger partial charge in [-0.25, -0.2) is 4.39 Å². The van der Waals surface area contributed by atoms with E-state index in [0.29, 0.717) is 15.9 Å². The van der Waals surface area contributed by atoms with Gasteiger partial charge < -0.3 is 0 Å². The molecule has 106 valence electrons. The van der Waals surface area contributed by atoms with E-state index >= 15 is 0 Å². The molecule has 0 fully saturated rings. The van der Waals surface area contributed by atoms with Crippen molar-refractivity contribution in [2.75, 3.05) is 0 Å². The van der Waals surface area contributed by atoms with Crippen molar-refractivity contribution in [2.45, 2.75) is 12.5 Å². The summed E-state index contributed by atoms with van der Waals surface area (Å²) in [4.78, 5) is 0. The van der Waals surface area contributed by atoms with Gasteiger partial charge in [-0.1, -0.05) is 39.7 Å². The zero-order chi connectivity index (χ0) is 14.7. The molecule has 2 rings (SSSR count). The van der Waals surface area contributed by atoms with Gasteiger partial charge in [-0.15, -0.1) is 0 Å². The Morgan fingerprint density at radius 3 is 2.55 bits per heavy atom. The summed E-state index contributed by atoms with van der Waals surface area (Å²) in [6.07, 6.45) is 0.573. The van der Waals surface area contributed by atoms with E-state index in [9.17, 15) is 4.39 Å². The van der Waals surface area contributed by atoms with Crippen LogP contribution in [0, 0.1) is 5.82 Å². The third kappa shape index (κ3) is 3.80. The molecule has 1 atom stereocenters. The highest BCUT2D eigenvalue weighted by molar-refractivity contribution is 9.10. The van der Waals surface area contributed by atoms with Crippen LogP contribution in [0.15, 0.2) is 45.3 Å². The zero-order valence-electron chi connectivity index (χ0n) is 10.3. The van der Waals surface area contributed by atoms with Gasteiger partial charge in [0.05, 0.1) is 10.5 Å². The van der Waals surface area contributed by atoms with E-state index < -0.39 is 0 Å². The molecule has 0 aliphatic carbocycles. The second kappa shape index (κ2) is 7.00. The van der Waals surface area contributed by atoms with Gasteiger partial charge in [0.2, 0.25) is 0 Å². The molecule has 0 aliphatic heterocycles. The molecular weight excluding hydrogens is 410 g/mol.